The lowest BCUT2D eigenvalue weighted by Crippen LogP contribution is -1.98. The van der Waals surface area contributed by atoms with Crippen molar-refractivity contribution in [2.75, 3.05) is 7.11 Å². The Morgan fingerprint density at radius 2 is 2.15 bits per heavy atom. The van der Waals surface area contributed by atoms with Crippen molar-refractivity contribution in [3.8, 4) is 0 Å². The van der Waals surface area contributed by atoms with Crippen LogP contribution in [-0.2, 0) is 4.84 Å². The van der Waals surface area contributed by atoms with E-state index in [0.29, 0.717) is 5.56 Å². The highest BCUT2D eigenvalue weighted by Crippen LogP contribution is 2.06. The molecule has 0 saturated carbocycles. The second-order valence-electron chi connectivity index (χ2n) is 2.56. The number of Topliss-reactive ketones (excluding diaryl/α,β-unsaturated/α-hetero) is 1. The first-order chi connectivity index (χ1) is 6.25. The summed E-state index contributed by atoms with van der Waals surface area (Å²) < 4.78 is 0. The summed E-state index contributed by atoms with van der Waals surface area (Å²) in [5.41, 5.74) is 1.43. The van der Waals surface area contributed by atoms with Gasteiger partial charge in [-0.3, -0.25) is 4.79 Å². The summed E-state index contributed by atoms with van der Waals surface area (Å²) in [4.78, 5) is 15.7. The highest BCUT2D eigenvalue weighted by atomic mass is 16.6. The zero-order valence-electron chi connectivity index (χ0n) is 7.65. The molecule has 0 bridgehead atoms. The monoisotopic (exact) mass is 177 g/mol. The normalized spacial score (nSPS) is 10.3. The fourth-order valence-corrected chi connectivity index (χ4v) is 1.04. The predicted molar refractivity (Wildman–Crippen MR) is 51.0 cm³/mol. The van der Waals surface area contributed by atoms with Crippen LogP contribution in [0.3, 0.4) is 0 Å². The van der Waals surface area contributed by atoms with Crippen LogP contribution in [0.15, 0.2) is 29.4 Å². The van der Waals surface area contributed by atoms with Crippen molar-refractivity contribution >= 4 is 12.0 Å². The van der Waals surface area contributed by atoms with Crippen LogP contribution in [0.1, 0.15) is 22.8 Å². The second kappa shape index (κ2) is 4.40. The summed E-state index contributed by atoms with van der Waals surface area (Å²) in [5.74, 6) is 0.0261. The van der Waals surface area contributed by atoms with E-state index in [-0.39, 0.29) is 5.78 Å². The molecule has 0 fully saturated rings. The van der Waals surface area contributed by atoms with Crippen molar-refractivity contribution in [3.63, 3.8) is 0 Å². The van der Waals surface area contributed by atoms with E-state index in [0.717, 1.165) is 5.56 Å². The third kappa shape index (κ3) is 2.40. The molecule has 0 spiro atoms. The van der Waals surface area contributed by atoms with Crippen molar-refractivity contribution in [2.24, 2.45) is 5.16 Å². The quantitative estimate of drug-likeness (QED) is 0.401. The lowest BCUT2D eigenvalue weighted by Gasteiger charge is -1.99. The maximum atomic E-state index is 11.1. The van der Waals surface area contributed by atoms with Gasteiger partial charge in [-0.2, -0.15) is 0 Å². The van der Waals surface area contributed by atoms with Crippen molar-refractivity contribution in [1.82, 2.24) is 0 Å². The molecular formula is C10H11NO2. The van der Waals surface area contributed by atoms with Crippen molar-refractivity contribution in [3.05, 3.63) is 35.4 Å². The van der Waals surface area contributed by atoms with E-state index in [1.165, 1.54) is 20.2 Å². The highest BCUT2D eigenvalue weighted by Gasteiger charge is 2.03. The van der Waals surface area contributed by atoms with Gasteiger partial charge in [0.15, 0.2) is 5.78 Å². The first kappa shape index (κ1) is 9.45. The summed E-state index contributed by atoms with van der Waals surface area (Å²) in [6.45, 7) is 1.53. The molecule has 13 heavy (non-hydrogen) atoms. The van der Waals surface area contributed by atoms with Crippen LogP contribution in [0.25, 0.3) is 0 Å². The average Bonchev–Trinajstić information content (AvgIpc) is 2.15. The number of carbonyl (C=O) groups excluding carboxylic acids is 1. The van der Waals surface area contributed by atoms with E-state index in [4.69, 9.17) is 0 Å². The van der Waals surface area contributed by atoms with Gasteiger partial charge in [0.2, 0.25) is 0 Å². The minimum atomic E-state index is 0.0261. The first-order valence-electron chi connectivity index (χ1n) is 3.92. The Morgan fingerprint density at radius 3 is 2.77 bits per heavy atom. The Balaban J connectivity index is 3.05. The summed E-state index contributed by atoms with van der Waals surface area (Å²) >= 11 is 0. The third-order valence-corrected chi connectivity index (χ3v) is 1.64. The molecule has 0 amide bonds. The number of carbonyl (C=O) groups is 1. The van der Waals surface area contributed by atoms with Gasteiger partial charge in [0.1, 0.15) is 7.11 Å². The molecule has 0 radical (unpaired) electrons. The summed E-state index contributed by atoms with van der Waals surface area (Å²) in [6.07, 6.45) is 1.52. The molecule has 68 valence electrons. The van der Waals surface area contributed by atoms with Crippen LogP contribution in [0, 0.1) is 0 Å². The molecule has 0 aliphatic heterocycles. The van der Waals surface area contributed by atoms with Crippen molar-refractivity contribution in [1.29, 1.82) is 0 Å². The smallest absolute Gasteiger partial charge is 0.160 e. The van der Waals surface area contributed by atoms with Gasteiger partial charge in [-0.05, 0) is 6.92 Å². The Morgan fingerprint density at radius 1 is 1.46 bits per heavy atom. The lowest BCUT2D eigenvalue weighted by atomic mass is 10.1. The van der Waals surface area contributed by atoms with E-state index in [9.17, 15) is 4.79 Å². The highest BCUT2D eigenvalue weighted by molar-refractivity contribution is 6.02. The number of oxime groups is 1. The molecular weight excluding hydrogens is 166 g/mol. The number of ketones is 1. The Labute approximate surface area is 77.0 Å². The zero-order valence-corrected chi connectivity index (χ0v) is 7.65. The van der Waals surface area contributed by atoms with Crippen LogP contribution in [0.5, 0.6) is 0 Å². The van der Waals surface area contributed by atoms with Gasteiger partial charge in [-0.1, -0.05) is 29.4 Å². The van der Waals surface area contributed by atoms with Gasteiger partial charge in [-0.15, -0.1) is 0 Å². The van der Waals surface area contributed by atoms with Crippen LogP contribution in [-0.4, -0.2) is 19.1 Å². The molecule has 0 atom stereocenters. The SMILES string of the molecule is CON=Cc1ccccc1C(C)=O. The fraction of sp³-hybridized carbons (Fsp3) is 0.200. The standard InChI is InChI=1S/C10H11NO2/c1-8(12)10-6-4-3-5-9(10)7-11-13-2/h3-7H,1-2H3. The predicted octanol–water partition coefficient (Wildman–Crippen LogP) is 1.87. The van der Waals surface area contributed by atoms with E-state index in [1.54, 1.807) is 6.07 Å². The molecule has 3 nitrogen and oxygen atoms in total. The molecule has 0 heterocycles. The van der Waals surface area contributed by atoms with Gasteiger partial charge >= 0.3 is 0 Å². The minimum Gasteiger partial charge on any atom is -0.399 e. The molecule has 0 N–H and O–H groups in total. The number of nitrogens with zero attached hydrogens (tertiary/aromatic N) is 1. The maximum absolute atomic E-state index is 11.1. The zero-order chi connectivity index (χ0) is 9.68. The Hall–Kier alpha value is -1.64. The topological polar surface area (TPSA) is 38.7 Å². The van der Waals surface area contributed by atoms with Gasteiger partial charge in [0.05, 0.1) is 6.21 Å². The lowest BCUT2D eigenvalue weighted by molar-refractivity contribution is 0.101. The summed E-state index contributed by atoms with van der Waals surface area (Å²) in [5, 5.41) is 3.61. The minimum absolute atomic E-state index is 0.0261. The molecule has 1 aromatic carbocycles. The number of hydrogen-bond acceptors (Lipinski definition) is 3. The molecule has 3 heteroatoms. The van der Waals surface area contributed by atoms with Gasteiger partial charge < -0.3 is 4.84 Å². The van der Waals surface area contributed by atoms with E-state index in [1.807, 2.05) is 18.2 Å². The van der Waals surface area contributed by atoms with Gasteiger partial charge in [0, 0.05) is 11.1 Å². The average molecular weight is 177 g/mol. The van der Waals surface area contributed by atoms with E-state index >= 15 is 0 Å². The Bertz CT molecular complexity index is 331. The molecule has 0 aliphatic rings. The van der Waals surface area contributed by atoms with E-state index < -0.39 is 0 Å². The third-order valence-electron chi connectivity index (χ3n) is 1.64. The summed E-state index contributed by atoms with van der Waals surface area (Å²) in [7, 11) is 1.47. The van der Waals surface area contributed by atoms with Crippen molar-refractivity contribution < 1.29 is 9.63 Å². The number of rotatable bonds is 3. The fourth-order valence-electron chi connectivity index (χ4n) is 1.04. The maximum Gasteiger partial charge on any atom is 0.160 e. The van der Waals surface area contributed by atoms with Crippen LogP contribution < -0.4 is 0 Å². The molecule has 1 rings (SSSR count). The molecule has 0 unspecified atom stereocenters. The van der Waals surface area contributed by atoms with Gasteiger partial charge in [-0.25, -0.2) is 0 Å². The first-order valence-corrected chi connectivity index (χ1v) is 3.92. The van der Waals surface area contributed by atoms with E-state index in [2.05, 4.69) is 9.99 Å². The molecule has 0 aliphatic carbocycles. The van der Waals surface area contributed by atoms with Crippen LogP contribution >= 0.6 is 0 Å². The number of benzene rings is 1. The largest absolute Gasteiger partial charge is 0.399 e. The van der Waals surface area contributed by atoms with Crippen molar-refractivity contribution in [2.45, 2.75) is 6.92 Å². The molecule has 0 aromatic heterocycles. The van der Waals surface area contributed by atoms with Crippen LogP contribution in [0.4, 0.5) is 0 Å². The summed E-state index contributed by atoms with van der Waals surface area (Å²) in [6, 6.07) is 7.25. The molecule has 0 saturated heterocycles. The second-order valence-corrected chi connectivity index (χ2v) is 2.56. The molecule has 1 aromatic rings. The van der Waals surface area contributed by atoms with Gasteiger partial charge in [0.25, 0.3) is 0 Å². The van der Waals surface area contributed by atoms with Crippen LogP contribution in [0.2, 0.25) is 0 Å². The number of hydrogen-bond donors (Lipinski definition) is 0. The Kier molecular flexibility index (Phi) is 3.20.